The van der Waals surface area contributed by atoms with Gasteiger partial charge >= 0.3 is 0 Å². The zero-order chi connectivity index (χ0) is 25.2. The first kappa shape index (κ1) is 33.1. The minimum absolute atomic E-state index is 0. The van der Waals surface area contributed by atoms with Crippen molar-refractivity contribution < 1.29 is 4.79 Å². The maximum absolute atomic E-state index is 12.7. The summed E-state index contributed by atoms with van der Waals surface area (Å²) in [6, 6.07) is 9.07. The van der Waals surface area contributed by atoms with Crippen LogP contribution in [-0.2, 0) is 0 Å². The topological polar surface area (TPSA) is 73.4 Å². The van der Waals surface area contributed by atoms with E-state index in [1.165, 1.54) is 51.9 Å². The van der Waals surface area contributed by atoms with Crippen LogP contribution in [0.2, 0.25) is 5.02 Å². The molecule has 0 bridgehead atoms. The summed E-state index contributed by atoms with van der Waals surface area (Å²) < 4.78 is 1.05. The third kappa shape index (κ3) is 7.91. The first-order valence-electron chi connectivity index (χ1n) is 13.7. The smallest absolute Gasteiger partial charge is 0.252 e. The first-order valence-corrected chi connectivity index (χ1v) is 14.9. The van der Waals surface area contributed by atoms with Crippen LogP contribution in [0.15, 0.2) is 30.5 Å². The molecule has 0 atom stereocenters. The fourth-order valence-corrected chi connectivity index (χ4v) is 6.96. The van der Waals surface area contributed by atoms with Crippen molar-refractivity contribution in [2.24, 2.45) is 0 Å². The number of piperazine rings is 1. The molecule has 3 aliphatic rings. The van der Waals surface area contributed by atoms with Crippen LogP contribution in [0.1, 0.15) is 55.3 Å². The van der Waals surface area contributed by atoms with Gasteiger partial charge in [-0.05, 0) is 56.8 Å². The molecule has 2 saturated carbocycles. The van der Waals surface area contributed by atoms with Gasteiger partial charge in [-0.3, -0.25) is 9.69 Å². The van der Waals surface area contributed by atoms with Crippen molar-refractivity contribution >= 4 is 82.1 Å². The number of carbonyl (C=O) groups is 1. The molecule has 12 heteroatoms. The highest BCUT2D eigenvalue weighted by molar-refractivity contribution is 7.22. The first-order chi connectivity index (χ1) is 18.1. The molecule has 1 amide bonds. The highest BCUT2D eigenvalue weighted by Crippen LogP contribution is 2.37. The Morgan fingerprint density at radius 3 is 2.52 bits per heavy atom. The molecule has 0 spiro atoms. The molecule has 0 radical (unpaired) electrons. The van der Waals surface area contributed by atoms with Crippen molar-refractivity contribution in [1.82, 2.24) is 25.1 Å². The molecule has 3 aromatic rings. The van der Waals surface area contributed by atoms with Crippen molar-refractivity contribution in [2.45, 2.75) is 57.0 Å². The number of aromatic nitrogens is 2. The van der Waals surface area contributed by atoms with Crippen LogP contribution in [0.3, 0.4) is 0 Å². The summed E-state index contributed by atoms with van der Waals surface area (Å²) >= 11 is 8.13. The Bertz CT molecular complexity index is 1260. The van der Waals surface area contributed by atoms with Gasteiger partial charge in [-0.25, -0.2) is 9.97 Å². The molecule has 2 aliphatic carbocycles. The number of nitrogens with zero attached hydrogens (tertiary/aromatic N) is 4. The van der Waals surface area contributed by atoms with Gasteiger partial charge < -0.3 is 15.5 Å². The van der Waals surface area contributed by atoms with Crippen LogP contribution >= 0.6 is 60.2 Å². The lowest BCUT2D eigenvalue weighted by atomic mass is 10.1. The number of benzene rings is 1. The predicted molar refractivity (Wildman–Crippen MR) is 173 cm³/mol. The van der Waals surface area contributed by atoms with E-state index in [1.54, 1.807) is 17.5 Å². The number of nitrogens with one attached hydrogen (secondary N) is 2. The lowest BCUT2D eigenvalue weighted by Crippen LogP contribution is -2.49. The molecule has 220 valence electrons. The number of carbonyl (C=O) groups excluding carboxylic acids is 1. The fourth-order valence-electron chi connectivity index (χ4n) is 5.62. The fraction of sp³-hybridized carbons (Fsp3) is 0.536. The summed E-state index contributed by atoms with van der Waals surface area (Å²) in [6.45, 7) is 6.67. The Labute approximate surface area is 264 Å². The Balaban J connectivity index is 0.00000147. The van der Waals surface area contributed by atoms with Crippen molar-refractivity contribution in [2.75, 3.05) is 44.6 Å². The van der Waals surface area contributed by atoms with Crippen molar-refractivity contribution in [1.29, 1.82) is 0 Å². The molecule has 7 nitrogen and oxygen atoms in total. The average Bonchev–Trinajstić information content (AvgIpc) is 3.38. The van der Waals surface area contributed by atoms with E-state index in [-0.39, 0.29) is 43.1 Å². The molecule has 40 heavy (non-hydrogen) atoms. The molecular weight excluding hydrogens is 610 g/mol. The maximum atomic E-state index is 12.7. The largest absolute Gasteiger partial charge is 0.354 e. The van der Waals surface area contributed by atoms with E-state index in [4.69, 9.17) is 16.6 Å². The lowest BCUT2D eigenvalue weighted by Gasteiger charge is -2.38. The Morgan fingerprint density at radius 2 is 1.80 bits per heavy atom. The van der Waals surface area contributed by atoms with E-state index in [0.717, 1.165) is 53.4 Å². The molecule has 3 fully saturated rings. The Hall–Kier alpha value is -1.39. The summed E-state index contributed by atoms with van der Waals surface area (Å²) in [5.41, 5.74) is 1.41. The van der Waals surface area contributed by atoms with Gasteiger partial charge in [-0.2, -0.15) is 0 Å². The van der Waals surface area contributed by atoms with E-state index in [2.05, 4.69) is 25.4 Å². The van der Waals surface area contributed by atoms with Gasteiger partial charge in [-0.15, -0.1) is 48.6 Å². The van der Waals surface area contributed by atoms with Crippen molar-refractivity contribution in [3.05, 3.63) is 41.0 Å². The van der Waals surface area contributed by atoms with E-state index in [0.29, 0.717) is 28.3 Å². The molecule has 1 aromatic carbocycles. The normalized spacial score (nSPS) is 18.0. The molecule has 6 rings (SSSR count). The minimum Gasteiger partial charge on any atom is -0.354 e. The second-order valence-corrected chi connectivity index (χ2v) is 12.1. The highest BCUT2D eigenvalue weighted by atomic mass is 35.5. The van der Waals surface area contributed by atoms with Crippen molar-refractivity contribution in [3.8, 4) is 10.6 Å². The lowest BCUT2D eigenvalue weighted by molar-refractivity contribution is 0.0952. The SMILES string of the molecule is Cl.Cl.Cl.O=C(NC1CC1)c1cccc2sc(-c3nc(NCCCN4CCN(C5CCCC5)CC4)ncc3Cl)cc12. The van der Waals surface area contributed by atoms with E-state index in [9.17, 15) is 4.79 Å². The summed E-state index contributed by atoms with van der Waals surface area (Å²) in [7, 11) is 0. The van der Waals surface area contributed by atoms with Crippen LogP contribution in [0.25, 0.3) is 20.7 Å². The maximum Gasteiger partial charge on any atom is 0.252 e. The molecular formula is C28H38Cl4N6OS. The number of anilines is 1. The molecule has 2 N–H and O–H groups in total. The van der Waals surface area contributed by atoms with Crippen LogP contribution < -0.4 is 10.6 Å². The van der Waals surface area contributed by atoms with Crippen molar-refractivity contribution in [3.63, 3.8) is 0 Å². The van der Waals surface area contributed by atoms with Gasteiger partial charge in [0.2, 0.25) is 5.95 Å². The quantitative estimate of drug-likeness (QED) is 0.257. The Kier molecular flexibility index (Phi) is 12.6. The number of rotatable bonds is 9. The van der Waals surface area contributed by atoms with Gasteiger partial charge in [0.05, 0.1) is 16.1 Å². The second-order valence-electron chi connectivity index (χ2n) is 10.6. The zero-order valence-electron chi connectivity index (χ0n) is 22.4. The molecule has 2 aromatic heterocycles. The number of thiophene rings is 1. The van der Waals surface area contributed by atoms with Crippen LogP contribution in [-0.4, -0.2) is 77.0 Å². The molecule has 1 saturated heterocycles. The standard InChI is InChI=1S/C28H35ClN6OS.3ClH/c29-23-18-31-28(30-11-4-12-34-13-15-35(16-14-34)20-5-1-2-6-20)33-26(23)25-17-22-21(7-3-8-24(22)37-25)27(36)32-19-9-10-19;;;/h3,7-8,17-20H,1-2,4-6,9-16H2,(H,32,36)(H,30,31,33);3*1H. The number of hydrogen-bond donors (Lipinski definition) is 2. The van der Waals surface area contributed by atoms with Crippen LogP contribution in [0, 0.1) is 0 Å². The van der Waals surface area contributed by atoms with Gasteiger partial charge in [0, 0.05) is 60.5 Å². The molecule has 1 aliphatic heterocycles. The minimum atomic E-state index is -0.00598. The number of hydrogen-bond acceptors (Lipinski definition) is 7. The average molecular weight is 649 g/mol. The van der Waals surface area contributed by atoms with Gasteiger partial charge in [0.1, 0.15) is 5.69 Å². The van der Waals surface area contributed by atoms with Gasteiger partial charge in [0.25, 0.3) is 5.91 Å². The summed E-state index contributed by atoms with van der Waals surface area (Å²) in [4.78, 5) is 28.1. The third-order valence-corrected chi connectivity index (χ3v) is 9.26. The summed E-state index contributed by atoms with van der Waals surface area (Å²) in [5, 5.41) is 7.94. The van der Waals surface area contributed by atoms with E-state index < -0.39 is 0 Å². The van der Waals surface area contributed by atoms with Crippen LogP contribution in [0.4, 0.5) is 5.95 Å². The number of halogens is 4. The predicted octanol–water partition coefficient (Wildman–Crippen LogP) is 6.53. The molecule has 3 heterocycles. The van der Waals surface area contributed by atoms with E-state index in [1.807, 2.05) is 24.3 Å². The van der Waals surface area contributed by atoms with Gasteiger partial charge in [-0.1, -0.05) is 30.5 Å². The molecule has 0 unspecified atom stereocenters. The third-order valence-electron chi connectivity index (χ3n) is 7.88. The monoisotopic (exact) mass is 646 g/mol. The number of fused-ring (bicyclic) bond motifs is 1. The summed E-state index contributed by atoms with van der Waals surface area (Å²) in [5.74, 6) is 0.586. The Morgan fingerprint density at radius 1 is 1.05 bits per heavy atom. The highest BCUT2D eigenvalue weighted by Gasteiger charge is 2.26. The van der Waals surface area contributed by atoms with E-state index >= 15 is 0 Å². The van der Waals surface area contributed by atoms with Crippen LogP contribution in [0.5, 0.6) is 0 Å². The number of amides is 1. The summed E-state index contributed by atoms with van der Waals surface area (Å²) in [6.07, 6.45) is 10.5. The second kappa shape index (κ2) is 15.2. The zero-order valence-corrected chi connectivity index (χ0v) is 26.5. The van der Waals surface area contributed by atoms with Gasteiger partial charge in [0.15, 0.2) is 0 Å².